The van der Waals surface area contributed by atoms with Gasteiger partial charge in [0.25, 0.3) is 0 Å². The monoisotopic (exact) mass is 367 g/mol. The second-order valence-corrected chi connectivity index (χ2v) is 8.17. The third-order valence-electron chi connectivity index (χ3n) is 4.82. The summed E-state index contributed by atoms with van der Waals surface area (Å²) in [6, 6.07) is 10.7. The van der Waals surface area contributed by atoms with Gasteiger partial charge in [0.2, 0.25) is 0 Å². The number of thiophene rings is 1. The summed E-state index contributed by atoms with van der Waals surface area (Å²) in [6.45, 7) is 4.98. The lowest BCUT2D eigenvalue weighted by Gasteiger charge is -2.27. The van der Waals surface area contributed by atoms with Gasteiger partial charge in [0.05, 0.1) is 5.39 Å². The van der Waals surface area contributed by atoms with Crippen molar-refractivity contribution in [2.24, 2.45) is 0 Å². The van der Waals surface area contributed by atoms with Crippen LogP contribution in [0.3, 0.4) is 0 Å². The zero-order valence-electron chi connectivity index (χ0n) is 15.4. The van der Waals surface area contributed by atoms with E-state index in [9.17, 15) is 0 Å². The molecule has 0 amide bonds. The Morgan fingerprint density at radius 2 is 2.04 bits per heavy atom. The zero-order valence-corrected chi connectivity index (χ0v) is 16.2. The number of nitrogens with zero attached hydrogens (tertiary/aromatic N) is 4. The van der Waals surface area contributed by atoms with Gasteiger partial charge in [-0.25, -0.2) is 9.97 Å². The first-order chi connectivity index (χ1) is 12.7. The van der Waals surface area contributed by atoms with Crippen LogP contribution in [0.5, 0.6) is 0 Å². The molecule has 0 fully saturated rings. The van der Waals surface area contributed by atoms with E-state index in [-0.39, 0.29) is 0 Å². The third kappa shape index (κ3) is 3.72. The summed E-state index contributed by atoms with van der Waals surface area (Å²) in [6.07, 6.45) is 2.75. The van der Waals surface area contributed by atoms with E-state index in [4.69, 9.17) is 0 Å². The first-order valence-corrected chi connectivity index (χ1v) is 9.92. The molecule has 0 saturated carbocycles. The van der Waals surface area contributed by atoms with Crippen LogP contribution in [0.2, 0.25) is 0 Å². The van der Waals surface area contributed by atoms with Crippen molar-refractivity contribution in [1.29, 1.82) is 0 Å². The molecule has 1 N–H and O–H groups in total. The van der Waals surface area contributed by atoms with Crippen LogP contribution in [0, 0.1) is 0 Å². The van der Waals surface area contributed by atoms with Gasteiger partial charge in [-0.15, -0.1) is 11.3 Å². The Morgan fingerprint density at radius 3 is 2.85 bits per heavy atom. The van der Waals surface area contributed by atoms with Crippen molar-refractivity contribution in [3.05, 3.63) is 52.7 Å². The quantitative estimate of drug-likeness (QED) is 0.725. The normalized spacial score (nSPS) is 14.7. The highest BCUT2D eigenvalue weighted by Gasteiger charge is 2.23. The van der Waals surface area contributed by atoms with Gasteiger partial charge in [-0.1, -0.05) is 30.3 Å². The molecule has 0 bridgehead atoms. The standard InChI is InChI=1S/C20H25N5S/c1-24(2)11-9-21-19-18-16-8-10-25(12-15-6-4-3-5-7-15)13-17(16)26-20(18)23-14-22-19/h3-7,14H,8-13H2,1-2H3,(H,21,22,23). The molecule has 5 nitrogen and oxygen atoms in total. The fourth-order valence-electron chi connectivity index (χ4n) is 3.49. The minimum absolute atomic E-state index is 0.893. The first kappa shape index (κ1) is 17.4. The van der Waals surface area contributed by atoms with Gasteiger partial charge in [0, 0.05) is 37.6 Å². The van der Waals surface area contributed by atoms with Crippen LogP contribution < -0.4 is 5.32 Å². The Balaban J connectivity index is 1.54. The molecule has 0 atom stereocenters. The van der Waals surface area contributed by atoms with Crippen molar-refractivity contribution < 1.29 is 0 Å². The highest BCUT2D eigenvalue weighted by atomic mass is 32.1. The summed E-state index contributed by atoms with van der Waals surface area (Å²) in [5.41, 5.74) is 2.82. The van der Waals surface area contributed by atoms with E-state index in [0.29, 0.717) is 0 Å². The van der Waals surface area contributed by atoms with E-state index in [1.807, 2.05) is 11.3 Å². The molecule has 26 heavy (non-hydrogen) atoms. The molecule has 0 spiro atoms. The molecule has 3 heterocycles. The Bertz CT molecular complexity index is 875. The maximum atomic E-state index is 4.54. The maximum absolute atomic E-state index is 4.54. The number of likely N-dealkylation sites (N-methyl/N-ethyl adjacent to an activating group) is 1. The molecule has 3 aromatic rings. The number of hydrogen-bond acceptors (Lipinski definition) is 6. The van der Waals surface area contributed by atoms with Gasteiger partial charge < -0.3 is 10.2 Å². The van der Waals surface area contributed by atoms with Crippen LogP contribution in [-0.2, 0) is 19.5 Å². The topological polar surface area (TPSA) is 44.3 Å². The van der Waals surface area contributed by atoms with Crippen LogP contribution in [-0.4, -0.2) is 53.5 Å². The van der Waals surface area contributed by atoms with Crippen molar-refractivity contribution in [2.75, 3.05) is 39.0 Å². The smallest absolute Gasteiger partial charge is 0.138 e. The summed E-state index contributed by atoms with van der Waals surface area (Å²) in [7, 11) is 4.18. The van der Waals surface area contributed by atoms with Crippen LogP contribution >= 0.6 is 11.3 Å². The fourth-order valence-corrected chi connectivity index (χ4v) is 4.72. The molecule has 0 unspecified atom stereocenters. The van der Waals surface area contributed by atoms with Gasteiger partial charge in [0.15, 0.2) is 0 Å². The molecule has 0 aliphatic carbocycles. The van der Waals surface area contributed by atoms with Crippen molar-refractivity contribution in [1.82, 2.24) is 19.8 Å². The average Bonchev–Trinajstić information content (AvgIpc) is 3.01. The second kappa shape index (κ2) is 7.70. The van der Waals surface area contributed by atoms with Crippen LogP contribution in [0.25, 0.3) is 10.2 Å². The average molecular weight is 368 g/mol. The molecule has 136 valence electrons. The largest absolute Gasteiger partial charge is 0.368 e. The molecule has 2 aromatic heterocycles. The number of fused-ring (bicyclic) bond motifs is 3. The first-order valence-electron chi connectivity index (χ1n) is 9.11. The van der Waals surface area contributed by atoms with Crippen molar-refractivity contribution >= 4 is 27.4 Å². The zero-order chi connectivity index (χ0) is 17.9. The van der Waals surface area contributed by atoms with E-state index >= 15 is 0 Å². The molecular weight excluding hydrogens is 342 g/mol. The Hall–Kier alpha value is -2.02. The lowest BCUT2D eigenvalue weighted by Crippen LogP contribution is -2.29. The minimum Gasteiger partial charge on any atom is -0.368 e. The lowest BCUT2D eigenvalue weighted by molar-refractivity contribution is 0.249. The van der Waals surface area contributed by atoms with E-state index in [0.717, 1.165) is 49.8 Å². The Kier molecular flexibility index (Phi) is 5.15. The van der Waals surface area contributed by atoms with E-state index < -0.39 is 0 Å². The van der Waals surface area contributed by atoms with Crippen molar-refractivity contribution in [2.45, 2.75) is 19.5 Å². The molecular formula is C20H25N5S. The third-order valence-corrected chi connectivity index (χ3v) is 5.94. The van der Waals surface area contributed by atoms with E-state index in [2.05, 4.69) is 69.5 Å². The molecule has 0 radical (unpaired) electrons. The van der Waals surface area contributed by atoms with Gasteiger partial charge in [-0.05, 0) is 31.6 Å². The number of hydrogen-bond donors (Lipinski definition) is 1. The molecule has 6 heteroatoms. The van der Waals surface area contributed by atoms with E-state index in [1.54, 1.807) is 6.33 Å². The summed E-state index contributed by atoms with van der Waals surface area (Å²) in [4.78, 5) is 16.3. The fraction of sp³-hybridized carbons (Fsp3) is 0.400. The van der Waals surface area contributed by atoms with Gasteiger partial charge in [-0.2, -0.15) is 0 Å². The molecule has 1 aliphatic rings. The minimum atomic E-state index is 0.893. The predicted octanol–water partition coefficient (Wildman–Crippen LogP) is 3.22. The highest BCUT2D eigenvalue weighted by Crippen LogP contribution is 2.37. The van der Waals surface area contributed by atoms with Crippen LogP contribution in [0.1, 0.15) is 16.0 Å². The Morgan fingerprint density at radius 1 is 1.19 bits per heavy atom. The number of rotatable bonds is 6. The molecule has 4 rings (SSSR count). The summed E-state index contributed by atoms with van der Waals surface area (Å²) in [5, 5.41) is 4.75. The van der Waals surface area contributed by atoms with Gasteiger partial charge in [0.1, 0.15) is 17.0 Å². The highest BCUT2D eigenvalue weighted by molar-refractivity contribution is 7.18. The van der Waals surface area contributed by atoms with Gasteiger partial charge in [-0.3, -0.25) is 4.90 Å². The second-order valence-electron chi connectivity index (χ2n) is 7.08. The lowest BCUT2D eigenvalue weighted by atomic mass is 10.0. The number of aromatic nitrogens is 2. The Labute approximate surface area is 158 Å². The number of anilines is 1. The summed E-state index contributed by atoms with van der Waals surface area (Å²) < 4.78 is 0. The van der Waals surface area contributed by atoms with Crippen LogP contribution in [0.4, 0.5) is 5.82 Å². The van der Waals surface area contributed by atoms with Gasteiger partial charge >= 0.3 is 0 Å². The van der Waals surface area contributed by atoms with Crippen LogP contribution in [0.15, 0.2) is 36.7 Å². The summed E-state index contributed by atoms with van der Waals surface area (Å²) >= 11 is 1.82. The number of nitrogens with one attached hydrogen (secondary N) is 1. The SMILES string of the molecule is CN(C)CCNc1ncnc2sc3c(c12)CCN(Cc1ccccc1)C3. The van der Waals surface area contributed by atoms with E-state index in [1.165, 1.54) is 21.4 Å². The maximum Gasteiger partial charge on any atom is 0.138 e. The number of benzene rings is 1. The molecule has 1 aliphatic heterocycles. The van der Waals surface area contributed by atoms with Crippen molar-refractivity contribution in [3.63, 3.8) is 0 Å². The van der Waals surface area contributed by atoms with Crippen molar-refractivity contribution in [3.8, 4) is 0 Å². The predicted molar refractivity (Wildman–Crippen MR) is 109 cm³/mol. The molecule has 1 aromatic carbocycles. The summed E-state index contributed by atoms with van der Waals surface area (Å²) in [5.74, 6) is 0.992. The molecule has 0 saturated heterocycles.